The molecule has 3 heteroatoms. The van der Waals surface area contributed by atoms with Crippen molar-refractivity contribution >= 4 is 0 Å². The summed E-state index contributed by atoms with van der Waals surface area (Å²) in [5, 5.41) is 3.37. The maximum atomic E-state index is 6.06. The molecule has 1 atom stereocenters. The number of hydrogen-bond acceptors (Lipinski definition) is 3. The van der Waals surface area contributed by atoms with E-state index in [-0.39, 0.29) is 5.60 Å². The number of piperidine rings is 1. The Balaban J connectivity index is 2.09. The standard InChI is InChI=1S/C16H26N2O/c1-6-15(19-16(3,4)5)18-8-7-13-10-17-12(2)9-14(13)11-18/h6,9-10,12,17H,7-8,11H2,1-5H3/b15-6-. The van der Waals surface area contributed by atoms with Gasteiger partial charge in [0.05, 0.1) is 0 Å². The molecule has 1 saturated heterocycles. The second-order valence-corrected chi connectivity index (χ2v) is 6.33. The van der Waals surface area contributed by atoms with Crippen molar-refractivity contribution in [2.45, 2.75) is 52.7 Å². The Morgan fingerprint density at radius 3 is 2.79 bits per heavy atom. The number of fused-ring (bicyclic) bond motifs is 1. The van der Waals surface area contributed by atoms with Gasteiger partial charge in [0.1, 0.15) is 5.60 Å². The number of nitrogens with one attached hydrogen (secondary N) is 1. The number of rotatable bonds is 2. The van der Waals surface area contributed by atoms with Gasteiger partial charge < -0.3 is 15.0 Å². The van der Waals surface area contributed by atoms with Crippen molar-refractivity contribution in [2.24, 2.45) is 0 Å². The van der Waals surface area contributed by atoms with Gasteiger partial charge in [-0.2, -0.15) is 0 Å². The van der Waals surface area contributed by atoms with E-state index in [2.05, 4.69) is 56.3 Å². The second-order valence-electron chi connectivity index (χ2n) is 6.33. The van der Waals surface area contributed by atoms with Crippen LogP contribution in [0, 0.1) is 0 Å². The highest BCUT2D eigenvalue weighted by Gasteiger charge is 2.25. The van der Waals surface area contributed by atoms with Crippen molar-refractivity contribution in [3.63, 3.8) is 0 Å². The summed E-state index contributed by atoms with van der Waals surface area (Å²) >= 11 is 0. The van der Waals surface area contributed by atoms with Crippen LogP contribution in [0.4, 0.5) is 0 Å². The molecular weight excluding hydrogens is 236 g/mol. The minimum Gasteiger partial charge on any atom is -0.474 e. The number of dihydropyridines is 1. The van der Waals surface area contributed by atoms with E-state index >= 15 is 0 Å². The third-order valence-electron chi connectivity index (χ3n) is 3.37. The highest BCUT2D eigenvalue weighted by Crippen LogP contribution is 2.28. The Kier molecular flexibility index (Phi) is 3.93. The Bertz CT molecular complexity index is 427. The topological polar surface area (TPSA) is 24.5 Å². The SMILES string of the molecule is C/C=C(\OC(C)(C)C)N1CCC2=CNC(C)C=C2C1. The molecule has 0 saturated carbocycles. The molecule has 0 aliphatic carbocycles. The van der Waals surface area contributed by atoms with Gasteiger partial charge in [0, 0.05) is 25.3 Å². The number of hydrogen-bond donors (Lipinski definition) is 1. The first-order chi connectivity index (χ1) is 8.89. The molecule has 0 bridgehead atoms. The summed E-state index contributed by atoms with van der Waals surface area (Å²) in [5.74, 6) is 0.999. The highest BCUT2D eigenvalue weighted by molar-refractivity contribution is 5.38. The molecule has 2 heterocycles. The molecule has 0 aromatic heterocycles. The first-order valence-electron chi connectivity index (χ1n) is 7.15. The summed E-state index contributed by atoms with van der Waals surface area (Å²) < 4.78 is 6.06. The van der Waals surface area contributed by atoms with E-state index in [1.54, 1.807) is 0 Å². The first kappa shape index (κ1) is 14.0. The smallest absolute Gasteiger partial charge is 0.185 e. The van der Waals surface area contributed by atoms with Crippen LogP contribution in [0.1, 0.15) is 41.0 Å². The monoisotopic (exact) mass is 262 g/mol. The van der Waals surface area contributed by atoms with Gasteiger partial charge in [-0.25, -0.2) is 0 Å². The van der Waals surface area contributed by atoms with Crippen LogP contribution in [0.2, 0.25) is 0 Å². The Morgan fingerprint density at radius 2 is 2.16 bits per heavy atom. The zero-order valence-corrected chi connectivity index (χ0v) is 12.8. The van der Waals surface area contributed by atoms with Gasteiger partial charge in [-0.1, -0.05) is 6.08 Å². The van der Waals surface area contributed by atoms with Crippen LogP contribution in [-0.2, 0) is 4.74 Å². The van der Waals surface area contributed by atoms with Gasteiger partial charge in [0.2, 0.25) is 0 Å². The maximum absolute atomic E-state index is 6.06. The van der Waals surface area contributed by atoms with E-state index < -0.39 is 0 Å². The lowest BCUT2D eigenvalue weighted by Gasteiger charge is -2.37. The molecule has 19 heavy (non-hydrogen) atoms. The van der Waals surface area contributed by atoms with E-state index in [1.165, 1.54) is 11.1 Å². The molecule has 106 valence electrons. The Hall–Kier alpha value is -1.38. The van der Waals surface area contributed by atoms with Gasteiger partial charge in [-0.3, -0.25) is 0 Å². The summed E-state index contributed by atoms with van der Waals surface area (Å²) in [6.45, 7) is 12.5. The van der Waals surface area contributed by atoms with Crippen molar-refractivity contribution in [3.8, 4) is 0 Å². The lowest BCUT2D eigenvalue weighted by Crippen LogP contribution is -2.38. The van der Waals surface area contributed by atoms with Crippen LogP contribution < -0.4 is 5.32 Å². The van der Waals surface area contributed by atoms with E-state index in [0.29, 0.717) is 6.04 Å². The van der Waals surface area contributed by atoms with Crippen LogP contribution in [0.3, 0.4) is 0 Å². The minimum atomic E-state index is -0.145. The number of likely N-dealkylation sites (tertiary alicyclic amines) is 1. The normalized spacial score (nSPS) is 24.2. The molecule has 1 unspecified atom stereocenters. The lowest BCUT2D eigenvalue weighted by molar-refractivity contribution is 0.00237. The predicted molar refractivity (Wildman–Crippen MR) is 79.5 cm³/mol. The highest BCUT2D eigenvalue weighted by atomic mass is 16.5. The van der Waals surface area contributed by atoms with Crippen molar-refractivity contribution in [1.29, 1.82) is 0 Å². The van der Waals surface area contributed by atoms with Crippen molar-refractivity contribution in [1.82, 2.24) is 10.2 Å². The van der Waals surface area contributed by atoms with Crippen LogP contribution in [-0.4, -0.2) is 29.6 Å². The fraction of sp³-hybridized carbons (Fsp3) is 0.625. The zero-order valence-electron chi connectivity index (χ0n) is 12.8. The maximum Gasteiger partial charge on any atom is 0.185 e. The summed E-state index contributed by atoms with van der Waals surface area (Å²) in [7, 11) is 0. The van der Waals surface area contributed by atoms with E-state index in [4.69, 9.17) is 4.74 Å². The van der Waals surface area contributed by atoms with Gasteiger partial charge in [0.15, 0.2) is 5.88 Å². The molecular formula is C16H26N2O. The molecule has 0 aromatic carbocycles. The van der Waals surface area contributed by atoms with E-state index in [1.807, 2.05) is 6.92 Å². The quantitative estimate of drug-likeness (QED) is 0.774. The largest absolute Gasteiger partial charge is 0.474 e. The average Bonchev–Trinajstić information content (AvgIpc) is 2.34. The number of ether oxygens (including phenoxy) is 1. The molecule has 2 aliphatic rings. The Morgan fingerprint density at radius 1 is 1.42 bits per heavy atom. The average molecular weight is 262 g/mol. The van der Waals surface area contributed by atoms with Crippen molar-refractivity contribution in [2.75, 3.05) is 13.1 Å². The third kappa shape index (κ3) is 3.55. The van der Waals surface area contributed by atoms with Crippen LogP contribution in [0.5, 0.6) is 0 Å². The minimum absolute atomic E-state index is 0.145. The fourth-order valence-corrected chi connectivity index (χ4v) is 2.52. The second kappa shape index (κ2) is 5.32. The Labute approximate surface area is 117 Å². The molecule has 0 spiro atoms. The van der Waals surface area contributed by atoms with Gasteiger partial charge in [-0.15, -0.1) is 0 Å². The molecule has 0 radical (unpaired) electrons. The van der Waals surface area contributed by atoms with Gasteiger partial charge >= 0.3 is 0 Å². The van der Waals surface area contributed by atoms with Crippen molar-refractivity contribution in [3.05, 3.63) is 35.4 Å². The van der Waals surface area contributed by atoms with E-state index in [0.717, 1.165) is 25.4 Å². The van der Waals surface area contributed by atoms with Gasteiger partial charge in [0.25, 0.3) is 0 Å². The van der Waals surface area contributed by atoms with E-state index in [9.17, 15) is 0 Å². The molecule has 2 rings (SSSR count). The predicted octanol–water partition coefficient (Wildman–Crippen LogP) is 3.17. The third-order valence-corrected chi connectivity index (χ3v) is 3.37. The van der Waals surface area contributed by atoms with Crippen molar-refractivity contribution < 1.29 is 4.74 Å². The molecule has 1 fully saturated rings. The van der Waals surface area contributed by atoms with Crippen LogP contribution in [0.15, 0.2) is 35.4 Å². The zero-order chi connectivity index (χ0) is 14.0. The molecule has 0 aromatic rings. The first-order valence-corrected chi connectivity index (χ1v) is 7.15. The molecule has 2 aliphatic heterocycles. The number of nitrogens with zero attached hydrogens (tertiary/aromatic N) is 1. The molecule has 1 N–H and O–H groups in total. The van der Waals surface area contributed by atoms with Crippen LogP contribution in [0.25, 0.3) is 0 Å². The molecule has 0 amide bonds. The van der Waals surface area contributed by atoms with Crippen LogP contribution >= 0.6 is 0 Å². The summed E-state index contributed by atoms with van der Waals surface area (Å²) in [5.41, 5.74) is 2.74. The summed E-state index contributed by atoms with van der Waals surface area (Å²) in [4.78, 5) is 2.34. The summed E-state index contributed by atoms with van der Waals surface area (Å²) in [6, 6.07) is 0.427. The number of allylic oxidation sites excluding steroid dienone is 1. The lowest BCUT2D eigenvalue weighted by atomic mass is 9.94. The van der Waals surface area contributed by atoms with Gasteiger partial charge in [-0.05, 0) is 58.3 Å². The molecule has 3 nitrogen and oxygen atoms in total. The fourth-order valence-electron chi connectivity index (χ4n) is 2.52. The summed E-state index contributed by atoms with van der Waals surface area (Å²) in [6.07, 6.45) is 7.66.